The molecule has 0 radical (unpaired) electrons. The normalized spacial score (nSPS) is 10.5. The van der Waals surface area contributed by atoms with Gasteiger partial charge in [-0.1, -0.05) is 36.9 Å². The minimum atomic E-state index is -0.781. The molecular formula is C13H16O4. The van der Waals surface area contributed by atoms with Crippen molar-refractivity contribution in [2.75, 3.05) is 0 Å². The molecule has 0 unspecified atom stereocenters. The SMILES string of the molecule is C=COC(C)=O.C[C@@H](C(=O)O)c1ccccc1. The van der Waals surface area contributed by atoms with Crippen LogP contribution in [0, 0.1) is 0 Å². The number of hydrogen-bond acceptors (Lipinski definition) is 3. The summed E-state index contributed by atoms with van der Waals surface area (Å²) in [5.74, 6) is -1.52. The fourth-order valence-electron chi connectivity index (χ4n) is 1.00. The van der Waals surface area contributed by atoms with Crippen molar-refractivity contribution < 1.29 is 19.4 Å². The average molecular weight is 236 g/mol. The van der Waals surface area contributed by atoms with Crippen LogP contribution in [0.4, 0.5) is 0 Å². The van der Waals surface area contributed by atoms with Gasteiger partial charge in [-0.2, -0.15) is 0 Å². The summed E-state index contributed by atoms with van der Waals surface area (Å²) in [7, 11) is 0. The number of ether oxygens (including phenoxy) is 1. The van der Waals surface area contributed by atoms with Crippen LogP contribution in [0.3, 0.4) is 0 Å². The van der Waals surface area contributed by atoms with Gasteiger partial charge in [0.2, 0.25) is 0 Å². The first-order chi connectivity index (χ1) is 7.99. The molecule has 17 heavy (non-hydrogen) atoms. The van der Waals surface area contributed by atoms with E-state index in [0.717, 1.165) is 11.8 Å². The molecule has 0 bridgehead atoms. The van der Waals surface area contributed by atoms with E-state index in [9.17, 15) is 9.59 Å². The molecule has 4 nitrogen and oxygen atoms in total. The number of carboxylic acid groups (broad SMARTS) is 1. The highest BCUT2D eigenvalue weighted by molar-refractivity contribution is 5.75. The second-order valence-electron chi connectivity index (χ2n) is 3.25. The first-order valence-electron chi connectivity index (χ1n) is 5.05. The summed E-state index contributed by atoms with van der Waals surface area (Å²) in [5, 5.41) is 8.64. The third-order valence-electron chi connectivity index (χ3n) is 1.92. The number of esters is 1. The van der Waals surface area contributed by atoms with Crippen molar-refractivity contribution in [1.82, 2.24) is 0 Å². The molecule has 1 aromatic carbocycles. The van der Waals surface area contributed by atoms with Crippen LogP contribution in [0.25, 0.3) is 0 Å². The van der Waals surface area contributed by atoms with E-state index in [0.29, 0.717) is 0 Å². The van der Waals surface area contributed by atoms with E-state index >= 15 is 0 Å². The Morgan fingerprint density at radius 1 is 1.35 bits per heavy atom. The summed E-state index contributed by atoms with van der Waals surface area (Å²) in [4.78, 5) is 20.3. The second-order valence-corrected chi connectivity index (χ2v) is 3.25. The molecule has 0 spiro atoms. The summed E-state index contributed by atoms with van der Waals surface area (Å²) in [5.41, 5.74) is 0.847. The van der Waals surface area contributed by atoms with Crippen LogP contribution in [0.15, 0.2) is 43.2 Å². The van der Waals surface area contributed by atoms with Crippen molar-refractivity contribution in [3.8, 4) is 0 Å². The molecule has 1 rings (SSSR count). The average Bonchev–Trinajstić information content (AvgIpc) is 2.29. The molecule has 0 aromatic heterocycles. The van der Waals surface area contributed by atoms with Crippen molar-refractivity contribution in [1.29, 1.82) is 0 Å². The Balaban J connectivity index is 0.000000366. The lowest BCUT2D eigenvalue weighted by atomic mass is 10.0. The largest absolute Gasteiger partial charge is 0.481 e. The van der Waals surface area contributed by atoms with Crippen LogP contribution in [-0.2, 0) is 14.3 Å². The standard InChI is InChI=1S/C9H10O2.C4H6O2/c1-7(9(10)11)8-5-3-2-4-6-8;1-3-6-4(2)5/h2-7H,1H3,(H,10,11);3H,1H2,2H3/t7-;/m1./s1. The Bertz CT molecular complexity index is 370. The lowest BCUT2D eigenvalue weighted by Crippen LogP contribution is -2.06. The Kier molecular flexibility index (Phi) is 7.10. The molecule has 0 heterocycles. The van der Waals surface area contributed by atoms with Gasteiger partial charge in [0, 0.05) is 6.92 Å². The fourth-order valence-corrected chi connectivity index (χ4v) is 1.00. The van der Waals surface area contributed by atoms with Gasteiger partial charge in [0.15, 0.2) is 0 Å². The minimum absolute atomic E-state index is 0.329. The zero-order chi connectivity index (χ0) is 13.3. The molecule has 0 saturated carbocycles. The number of benzene rings is 1. The van der Waals surface area contributed by atoms with Gasteiger partial charge in [-0.05, 0) is 12.5 Å². The van der Waals surface area contributed by atoms with E-state index in [1.807, 2.05) is 30.3 Å². The molecule has 92 valence electrons. The van der Waals surface area contributed by atoms with Gasteiger partial charge in [-0.25, -0.2) is 0 Å². The third-order valence-corrected chi connectivity index (χ3v) is 1.92. The van der Waals surface area contributed by atoms with Crippen LogP contribution >= 0.6 is 0 Å². The quantitative estimate of drug-likeness (QED) is 0.647. The summed E-state index contributed by atoms with van der Waals surface area (Å²) >= 11 is 0. The molecule has 0 aliphatic carbocycles. The van der Waals surface area contributed by atoms with Crippen molar-refractivity contribution in [3.05, 3.63) is 48.7 Å². The van der Waals surface area contributed by atoms with Gasteiger partial charge in [0.1, 0.15) is 0 Å². The molecule has 4 heteroatoms. The first kappa shape index (κ1) is 14.9. The number of hydrogen-bond donors (Lipinski definition) is 1. The van der Waals surface area contributed by atoms with Crippen molar-refractivity contribution in [2.24, 2.45) is 0 Å². The van der Waals surface area contributed by atoms with E-state index < -0.39 is 11.9 Å². The summed E-state index contributed by atoms with van der Waals surface area (Å²) in [6.45, 7) is 6.16. The van der Waals surface area contributed by atoms with Crippen LogP contribution in [0.2, 0.25) is 0 Å². The number of aliphatic carboxylic acids is 1. The van der Waals surface area contributed by atoms with E-state index in [1.165, 1.54) is 6.92 Å². The summed E-state index contributed by atoms with van der Waals surface area (Å²) < 4.78 is 4.17. The number of carbonyl (C=O) groups is 2. The van der Waals surface area contributed by atoms with Gasteiger partial charge >= 0.3 is 11.9 Å². The van der Waals surface area contributed by atoms with Crippen LogP contribution in [0.1, 0.15) is 25.3 Å². The smallest absolute Gasteiger partial charge is 0.310 e. The maximum atomic E-state index is 10.5. The Morgan fingerprint density at radius 2 is 1.88 bits per heavy atom. The first-order valence-corrected chi connectivity index (χ1v) is 5.05. The number of rotatable bonds is 3. The van der Waals surface area contributed by atoms with E-state index in [1.54, 1.807) is 6.92 Å². The summed E-state index contributed by atoms with van der Waals surface area (Å²) in [6.07, 6.45) is 1.10. The predicted molar refractivity (Wildman–Crippen MR) is 64.5 cm³/mol. The van der Waals surface area contributed by atoms with E-state index in [4.69, 9.17) is 5.11 Å². The molecule has 1 N–H and O–H groups in total. The van der Waals surface area contributed by atoms with Gasteiger partial charge in [-0.15, -0.1) is 0 Å². The Hall–Kier alpha value is -2.10. The van der Waals surface area contributed by atoms with Crippen LogP contribution < -0.4 is 0 Å². The molecule has 1 aromatic rings. The highest BCUT2D eigenvalue weighted by Gasteiger charge is 2.11. The number of carboxylic acids is 1. The van der Waals surface area contributed by atoms with Crippen LogP contribution in [-0.4, -0.2) is 17.0 Å². The van der Waals surface area contributed by atoms with Crippen LogP contribution in [0.5, 0.6) is 0 Å². The molecule has 1 atom stereocenters. The Morgan fingerprint density at radius 3 is 2.18 bits per heavy atom. The minimum Gasteiger partial charge on any atom is -0.481 e. The highest BCUT2D eigenvalue weighted by atomic mass is 16.5. The van der Waals surface area contributed by atoms with Gasteiger partial charge < -0.3 is 9.84 Å². The summed E-state index contributed by atoms with van der Waals surface area (Å²) in [6, 6.07) is 9.19. The predicted octanol–water partition coefficient (Wildman–Crippen LogP) is 2.57. The van der Waals surface area contributed by atoms with Crippen molar-refractivity contribution in [3.63, 3.8) is 0 Å². The fraction of sp³-hybridized carbons (Fsp3) is 0.231. The van der Waals surface area contributed by atoms with Crippen molar-refractivity contribution in [2.45, 2.75) is 19.8 Å². The lowest BCUT2D eigenvalue weighted by Gasteiger charge is -2.04. The zero-order valence-corrected chi connectivity index (χ0v) is 9.92. The maximum Gasteiger partial charge on any atom is 0.310 e. The maximum absolute atomic E-state index is 10.5. The molecule has 0 saturated heterocycles. The van der Waals surface area contributed by atoms with Gasteiger partial charge in [0.25, 0.3) is 0 Å². The topological polar surface area (TPSA) is 63.6 Å². The molecular weight excluding hydrogens is 220 g/mol. The number of carbonyl (C=O) groups excluding carboxylic acids is 1. The third kappa shape index (κ3) is 6.89. The second kappa shape index (κ2) is 8.10. The highest BCUT2D eigenvalue weighted by Crippen LogP contribution is 2.13. The van der Waals surface area contributed by atoms with Crippen molar-refractivity contribution >= 4 is 11.9 Å². The van der Waals surface area contributed by atoms with E-state index in [2.05, 4.69) is 11.3 Å². The van der Waals surface area contributed by atoms with E-state index in [-0.39, 0.29) is 5.97 Å². The molecule has 0 amide bonds. The molecule has 0 aliphatic rings. The van der Waals surface area contributed by atoms with Gasteiger partial charge in [0.05, 0.1) is 12.2 Å². The monoisotopic (exact) mass is 236 g/mol. The molecule has 0 aliphatic heterocycles. The molecule has 0 fully saturated rings. The Labute approximate surface area is 101 Å². The zero-order valence-electron chi connectivity index (χ0n) is 9.92. The van der Waals surface area contributed by atoms with Gasteiger partial charge in [-0.3, -0.25) is 9.59 Å². The lowest BCUT2D eigenvalue weighted by molar-refractivity contribution is -0.138.